The molecule has 0 amide bonds. The maximum atomic E-state index is 11.0. The van der Waals surface area contributed by atoms with Gasteiger partial charge in [0.2, 0.25) is 0 Å². The van der Waals surface area contributed by atoms with Crippen LogP contribution in [-0.4, -0.2) is 31.2 Å². The van der Waals surface area contributed by atoms with Crippen molar-refractivity contribution < 1.29 is 9.53 Å². The van der Waals surface area contributed by atoms with Crippen LogP contribution in [0.15, 0.2) is 5.38 Å². The van der Waals surface area contributed by atoms with Crippen molar-refractivity contribution in [2.24, 2.45) is 0 Å². The Bertz CT molecular complexity index is 336. The number of rotatable bonds is 4. The van der Waals surface area contributed by atoms with Crippen LogP contribution < -0.4 is 4.90 Å². The van der Waals surface area contributed by atoms with E-state index in [9.17, 15) is 4.79 Å². The number of thiazole rings is 1. The van der Waals surface area contributed by atoms with Crippen LogP contribution in [0.3, 0.4) is 0 Å². The van der Waals surface area contributed by atoms with E-state index in [4.69, 9.17) is 0 Å². The molecule has 0 aliphatic carbocycles. The molecule has 0 aliphatic rings. The molecule has 0 saturated heterocycles. The first-order chi connectivity index (χ1) is 7.04. The second-order valence-corrected chi connectivity index (χ2v) is 4.42. The Morgan fingerprint density at radius 3 is 2.87 bits per heavy atom. The Balaban J connectivity index is 2.68. The van der Waals surface area contributed by atoms with Crippen molar-refractivity contribution in [3.05, 3.63) is 11.1 Å². The first kappa shape index (κ1) is 12.0. The third kappa shape index (κ3) is 3.20. The highest BCUT2D eigenvalue weighted by Crippen LogP contribution is 2.21. The molecule has 0 saturated carbocycles. The van der Waals surface area contributed by atoms with E-state index in [0.29, 0.717) is 6.04 Å². The number of anilines is 1. The molecule has 15 heavy (non-hydrogen) atoms. The first-order valence-corrected chi connectivity index (χ1v) is 5.66. The predicted octanol–water partition coefficient (Wildman–Crippen LogP) is 1.70. The molecule has 0 spiro atoms. The van der Waals surface area contributed by atoms with Crippen molar-refractivity contribution >= 4 is 22.4 Å². The van der Waals surface area contributed by atoms with Crippen molar-refractivity contribution in [1.82, 2.24) is 4.98 Å². The minimum atomic E-state index is -0.251. The summed E-state index contributed by atoms with van der Waals surface area (Å²) < 4.78 is 4.58. The van der Waals surface area contributed by atoms with Gasteiger partial charge in [0.15, 0.2) is 5.13 Å². The van der Waals surface area contributed by atoms with E-state index in [1.807, 2.05) is 12.4 Å². The highest BCUT2D eigenvalue weighted by atomic mass is 32.1. The van der Waals surface area contributed by atoms with Gasteiger partial charge in [0.25, 0.3) is 0 Å². The van der Waals surface area contributed by atoms with Crippen LogP contribution in [0.1, 0.15) is 19.5 Å². The summed E-state index contributed by atoms with van der Waals surface area (Å²) in [6.07, 6.45) is 0.249. The Morgan fingerprint density at radius 2 is 2.33 bits per heavy atom. The zero-order valence-electron chi connectivity index (χ0n) is 9.48. The standard InChI is InChI=1S/C10H16N2O2S/c1-7(2)12(3)10-11-8(6-15-10)5-9(13)14-4/h6-7H,5H2,1-4H3. The molecule has 0 bridgehead atoms. The molecule has 1 rings (SSSR count). The molecular formula is C10H16N2O2S. The summed E-state index contributed by atoms with van der Waals surface area (Å²) in [6.45, 7) is 4.20. The lowest BCUT2D eigenvalue weighted by atomic mass is 10.3. The Kier molecular flexibility index (Phi) is 4.08. The highest BCUT2D eigenvalue weighted by Gasteiger charge is 2.11. The van der Waals surface area contributed by atoms with E-state index < -0.39 is 0 Å². The Labute approximate surface area is 93.9 Å². The van der Waals surface area contributed by atoms with E-state index in [-0.39, 0.29) is 12.4 Å². The number of esters is 1. The molecule has 0 unspecified atom stereocenters. The summed E-state index contributed by atoms with van der Waals surface area (Å²) in [7, 11) is 3.38. The van der Waals surface area contributed by atoms with Crippen molar-refractivity contribution in [1.29, 1.82) is 0 Å². The van der Waals surface area contributed by atoms with Crippen LogP contribution in [-0.2, 0) is 16.0 Å². The number of methoxy groups -OCH3 is 1. The first-order valence-electron chi connectivity index (χ1n) is 4.78. The van der Waals surface area contributed by atoms with Gasteiger partial charge in [-0.25, -0.2) is 4.98 Å². The fourth-order valence-electron chi connectivity index (χ4n) is 0.980. The largest absolute Gasteiger partial charge is 0.469 e. The monoisotopic (exact) mass is 228 g/mol. The van der Waals surface area contributed by atoms with Crippen molar-refractivity contribution in [3.63, 3.8) is 0 Å². The van der Waals surface area contributed by atoms with Crippen LogP contribution in [0.5, 0.6) is 0 Å². The minimum Gasteiger partial charge on any atom is -0.469 e. The SMILES string of the molecule is COC(=O)Cc1csc(N(C)C(C)C)n1. The fourth-order valence-corrected chi connectivity index (χ4v) is 1.90. The third-order valence-corrected chi connectivity index (χ3v) is 3.15. The average molecular weight is 228 g/mol. The molecule has 0 radical (unpaired) electrons. The number of ether oxygens (including phenoxy) is 1. The van der Waals surface area contributed by atoms with Gasteiger partial charge in [-0.05, 0) is 13.8 Å². The number of carbonyl (C=O) groups is 1. The number of hydrogen-bond acceptors (Lipinski definition) is 5. The Hall–Kier alpha value is -1.10. The van der Waals surface area contributed by atoms with Crippen LogP contribution in [0.4, 0.5) is 5.13 Å². The maximum Gasteiger partial charge on any atom is 0.311 e. The van der Waals surface area contributed by atoms with Crippen LogP contribution in [0.2, 0.25) is 0 Å². The van der Waals surface area contributed by atoms with E-state index in [2.05, 4.69) is 28.5 Å². The number of carbonyl (C=O) groups excluding carboxylic acids is 1. The van der Waals surface area contributed by atoms with Gasteiger partial charge in [-0.3, -0.25) is 4.79 Å². The second-order valence-electron chi connectivity index (χ2n) is 3.58. The van der Waals surface area contributed by atoms with E-state index >= 15 is 0 Å². The molecule has 84 valence electrons. The Morgan fingerprint density at radius 1 is 1.67 bits per heavy atom. The zero-order chi connectivity index (χ0) is 11.4. The lowest BCUT2D eigenvalue weighted by molar-refractivity contribution is -0.139. The summed E-state index contributed by atoms with van der Waals surface area (Å²) in [5.41, 5.74) is 0.773. The molecule has 4 nitrogen and oxygen atoms in total. The molecule has 5 heteroatoms. The quantitative estimate of drug-likeness (QED) is 0.736. The number of nitrogens with zero attached hydrogens (tertiary/aromatic N) is 2. The zero-order valence-corrected chi connectivity index (χ0v) is 10.3. The van der Waals surface area contributed by atoms with Crippen molar-refractivity contribution in [3.8, 4) is 0 Å². The lowest BCUT2D eigenvalue weighted by Gasteiger charge is -2.19. The molecule has 0 N–H and O–H groups in total. The maximum absolute atomic E-state index is 11.0. The molecular weight excluding hydrogens is 212 g/mol. The van der Waals surface area contributed by atoms with Gasteiger partial charge in [0, 0.05) is 18.5 Å². The smallest absolute Gasteiger partial charge is 0.311 e. The van der Waals surface area contributed by atoms with Crippen LogP contribution in [0, 0.1) is 0 Å². The van der Waals surface area contributed by atoms with Crippen LogP contribution in [0.25, 0.3) is 0 Å². The summed E-state index contributed by atoms with van der Waals surface area (Å²) in [6, 6.07) is 0.405. The van der Waals surface area contributed by atoms with Gasteiger partial charge >= 0.3 is 5.97 Å². The number of hydrogen-bond donors (Lipinski definition) is 0. The van der Waals surface area contributed by atoms with Gasteiger partial charge < -0.3 is 9.64 Å². The molecule has 0 atom stereocenters. The second kappa shape index (κ2) is 5.11. The van der Waals surface area contributed by atoms with Gasteiger partial charge in [0.05, 0.1) is 19.2 Å². The van der Waals surface area contributed by atoms with E-state index in [1.54, 1.807) is 11.3 Å². The molecule has 1 aromatic rings. The average Bonchev–Trinajstić information content (AvgIpc) is 2.64. The fraction of sp³-hybridized carbons (Fsp3) is 0.600. The van der Waals surface area contributed by atoms with Gasteiger partial charge in [-0.2, -0.15) is 0 Å². The van der Waals surface area contributed by atoms with E-state index in [0.717, 1.165) is 10.8 Å². The summed E-state index contributed by atoms with van der Waals surface area (Å²) in [5.74, 6) is -0.251. The topological polar surface area (TPSA) is 42.4 Å². The van der Waals surface area contributed by atoms with Gasteiger partial charge in [-0.15, -0.1) is 11.3 Å². The van der Waals surface area contributed by atoms with Crippen molar-refractivity contribution in [2.45, 2.75) is 26.3 Å². The predicted molar refractivity (Wildman–Crippen MR) is 61.4 cm³/mol. The van der Waals surface area contributed by atoms with Gasteiger partial charge in [-0.1, -0.05) is 0 Å². The van der Waals surface area contributed by atoms with Crippen LogP contribution >= 0.6 is 11.3 Å². The lowest BCUT2D eigenvalue weighted by Crippen LogP contribution is -2.25. The third-order valence-electron chi connectivity index (χ3n) is 2.17. The van der Waals surface area contributed by atoms with E-state index in [1.165, 1.54) is 7.11 Å². The highest BCUT2D eigenvalue weighted by molar-refractivity contribution is 7.13. The molecule has 0 aliphatic heterocycles. The summed E-state index contributed by atoms with van der Waals surface area (Å²) in [4.78, 5) is 17.5. The minimum absolute atomic E-state index is 0.249. The summed E-state index contributed by atoms with van der Waals surface area (Å²) in [5, 5.41) is 2.83. The normalized spacial score (nSPS) is 10.5. The number of aromatic nitrogens is 1. The molecule has 1 aromatic heterocycles. The van der Waals surface area contributed by atoms with Crippen molar-refractivity contribution in [2.75, 3.05) is 19.1 Å². The molecule has 0 fully saturated rings. The molecule has 0 aromatic carbocycles. The summed E-state index contributed by atoms with van der Waals surface area (Å²) >= 11 is 1.55. The van der Waals surface area contributed by atoms with Gasteiger partial charge in [0.1, 0.15) is 0 Å². The molecule has 1 heterocycles.